The zero-order chi connectivity index (χ0) is 15.6. The number of ether oxygens (including phenoxy) is 2. The molecule has 0 saturated heterocycles. The van der Waals surface area contributed by atoms with Crippen LogP contribution in [0.1, 0.15) is 22.9 Å². The van der Waals surface area contributed by atoms with E-state index in [9.17, 15) is 0 Å². The second kappa shape index (κ2) is 6.37. The quantitative estimate of drug-likeness (QED) is 0.922. The number of aromatic nitrogens is 2. The molecule has 0 aliphatic heterocycles. The van der Waals surface area contributed by atoms with Gasteiger partial charge in [0, 0.05) is 30.3 Å². The van der Waals surface area contributed by atoms with Crippen molar-refractivity contribution in [3.8, 4) is 11.5 Å². The normalized spacial score (nSPS) is 12.3. The number of methoxy groups -OCH3 is 2. The van der Waals surface area contributed by atoms with Crippen molar-refractivity contribution in [1.29, 1.82) is 0 Å². The average Bonchev–Trinajstić information content (AvgIpc) is 2.72. The Bertz CT molecular complexity index is 640. The molecule has 2 rings (SSSR count). The molecule has 5 nitrogen and oxygen atoms in total. The van der Waals surface area contributed by atoms with Gasteiger partial charge < -0.3 is 15.2 Å². The smallest absolute Gasteiger partial charge is 0.130 e. The lowest BCUT2D eigenvalue weighted by molar-refractivity contribution is 0.388. The molecule has 2 N–H and O–H groups in total. The van der Waals surface area contributed by atoms with Crippen LogP contribution >= 0.6 is 11.6 Å². The number of rotatable bonds is 5. The van der Waals surface area contributed by atoms with E-state index in [0.717, 1.165) is 22.6 Å². The van der Waals surface area contributed by atoms with Crippen LogP contribution in [0.25, 0.3) is 0 Å². The first kappa shape index (κ1) is 15.7. The Morgan fingerprint density at radius 3 is 2.57 bits per heavy atom. The second-order valence-electron chi connectivity index (χ2n) is 4.90. The van der Waals surface area contributed by atoms with Gasteiger partial charge in [-0.15, -0.1) is 0 Å². The molecule has 21 heavy (non-hydrogen) atoms. The summed E-state index contributed by atoms with van der Waals surface area (Å²) in [4.78, 5) is 0. The SMILES string of the molecule is COc1ccc(C(N)Cc2c(C)nn(C)c2Cl)c(OC)c1. The summed E-state index contributed by atoms with van der Waals surface area (Å²) in [5.74, 6) is 1.44. The monoisotopic (exact) mass is 309 g/mol. The van der Waals surface area contributed by atoms with Gasteiger partial charge >= 0.3 is 0 Å². The summed E-state index contributed by atoms with van der Waals surface area (Å²) in [5.41, 5.74) is 9.10. The lowest BCUT2D eigenvalue weighted by Gasteiger charge is -2.16. The van der Waals surface area contributed by atoms with Crippen LogP contribution in [0.5, 0.6) is 11.5 Å². The van der Waals surface area contributed by atoms with Gasteiger partial charge in [0.25, 0.3) is 0 Å². The molecule has 2 aromatic rings. The molecule has 0 aliphatic carbocycles. The predicted molar refractivity (Wildman–Crippen MR) is 83.1 cm³/mol. The van der Waals surface area contributed by atoms with E-state index in [2.05, 4.69) is 5.10 Å². The van der Waals surface area contributed by atoms with E-state index in [1.165, 1.54) is 0 Å². The minimum atomic E-state index is -0.230. The van der Waals surface area contributed by atoms with Gasteiger partial charge in [-0.2, -0.15) is 5.10 Å². The molecule has 114 valence electrons. The van der Waals surface area contributed by atoms with Crippen molar-refractivity contribution in [2.75, 3.05) is 14.2 Å². The van der Waals surface area contributed by atoms with Crippen molar-refractivity contribution in [1.82, 2.24) is 9.78 Å². The van der Waals surface area contributed by atoms with Crippen molar-refractivity contribution in [2.24, 2.45) is 12.8 Å². The zero-order valence-electron chi connectivity index (χ0n) is 12.7. The standard InChI is InChI=1S/C15H20ClN3O2/c1-9-12(15(16)19(2)18-9)8-13(17)11-6-5-10(20-3)7-14(11)21-4/h5-7,13H,8,17H2,1-4H3. The first-order valence-corrected chi connectivity index (χ1v) is 7.01. The van der Waals surface area contributed by atoms with Gasteiger partial charge in [-0.25, -0.2) is 0 Å². The third-order valence-electron chi connectivity index (χ3n) is 3.53. The van der Waals surface area contributed by atoms with Crippen LogP contribution in [0.2, 0.25) is 5.15 Å². The fourth-order valence-electron chi connectivity index (χ4n) is 2.36. The fraction of sp³-hybridized carbons (Fsp3) is 0.400. The largest absolute Gasteiger partial charge is 0.497 e. The maximum absolute atomic E-state index is 6.33. The van der Waals surface area contributed by atoms with Crippen molar-refractivity contribution >= 4 is 11.6 Å². The lowest BCUT2D eigenvalue weighted by atomic mass is 9.99. The van der Waals surface area contributed by atoms with Crippen molar-refractivity contribution < 1.29 is 9.47 Å². The molecule has 0 fully saturated rings. The number of aryl methyl sites for hydroxylation is 2. The van der Waals surface area contributed by atoms with Gasteiger partial charge in [-0.1, -0.05) is 17.7 Å². The number of benzene rings is 1. The van der Waals surface area contributed by atoms with E-state index in [1.807, 2.05) is 32.2 Å². The molecule has 1 heterocycles. The third kappa shape index (κ3) is 3.14. The van der Waals surface area contributed by atoms with Crippen LogP contribution in [-0.4, -0.2) is 24.0 Å². The summed E-state index contributed by atoms with van der Waals surface area (Å²) in [5, 5.41) is 4.93. The third-order valence-corrected chi connectivity index (χ3v) is 4.01. The van der Waals surface area contributed by atoms with Crippen LogP contribution in [0.4, 0.5) is 0 Å². The molecule has 1 aromatic heterocycles. The van der Waals surface area contributed by atoms with Crippen molar-refractivity contribution in [2.45, 2.75) is 19.4 Å². The number of nitrogens with two attached hydrogens (primary N) is 1. The number of hydrogen-bond donors (Lipinski definition) is 1. The average molecular weight is 310 g/mol. The summed E-state index contributed by atoms with van der Waals surface area (Å²) in [6, 6.07) is 5.39. The summed E-state index contributed by atoms with van der Waals surface area (Å²) >= 11 is 6.26. The fourth-order valence-corrected chi connectivity index (χ4v) is 2.61. The molecule has 0 aliphatic rings. The highest BCUT2D eigenvalue weighted by Gasteiger charge is 2.18. The van der Waals surface area contributed by atoms with E-state index in [-0.39, 0.29) is 6.04 Å². The molecule has 0 bridgehead atoms. The van der Waals surface area contributed by atoms with Gasteiger partial charge in [0.2, 0.25) is 0 Å². The molecule has 6 heteroatoms. The first-order chi connectivity index (χ1) is 9.97. The minimum absolute atomic E-state index is 0.230. The van der Waals surface area contributed by atoms with E-state index in [0.29, 0.717) is 17.3 Å². The molecule has 1 aromatic carbocycles. The number of halogens is 1. The van der Waals surface area contributed by atoms with Gasteiger partial charge in [0.15, 0.2) is 0 Å². The molecule has 0 amide bonds. The van der Waals surface area contributed by atoms with Crippen LogP contribution in [0, 0.1) is 6.92 Å². The van der Waals surface area contributed by atoms with Crippen molar-refractivity contribution in [3.05, 3.63) is 40.2 Å². The maximum atomic E-state index is 6.33. The summed E-state index contributed by atoms with van der Waals surface area (Å²) < 4.78 is 12.3. The topological polar surface area (TPSA) is 62.3 Å². The Morgan fingerprint density at radius 1 is 1.33 bits per heavy atom. The maximum Gasteiger partial charge on any atom is 0.130 e. The summed E-state index contributed by atoms with van der Waals surface area (Å²) in [7, 11) is 5.05. The Labute approximate surface area is 129 Å². The number of hydrogen-bond acceptors (Lipinski definition) is 4. The molecule has 0 radical (unpaired) electrons. The highest BCUT2D eigenvalue weighted by Crippen LogP contribution is 2.31. The van der Waals surface area contributed by atoms with Gasteiger partial charge in [-0.3, -0.25) is 4.68 Å². The highest BCUT2D eigenvalue weighted by atomic mass is 35.5. The van der Waals surface area contributed by atoms with E-state index in [1.54, 1.807) is 18.9 Å². The Morgan fingerprint density at radius 2 is 2.05 bits per heavy atom. The lowest BCUT2D eigenvalue weighted by Crippen LogP contribution is -2.15. The van der Waals surface area contributed by atoms with E-state index >= 15 is 0 Å². The Balaban J connectivity index is 2.30. The van der Waals surface area contributed by atoms with Crippen LogP contribution in [0.15, 0.2) is 18.2 Å². The molecule has 0 saturated carbocycles. The molecular weight excluding hydrogens is 290 g/mol. The Hall–Kier alpha value is -1.72. The summed E-state index contributed by atoms with van der Waals surface area (Å²) in [6.07, 6.45) is 0.598. The molecule has 1 atom stereocenters. The van der Waals surface area contributed by atoms with Crippen molar-refractivity contribution in [3.63, 3.8) is 0 Å². The van der Waals surface area contributed by atoms with Gasteiger partial charge in [0.1, 0.15) is 16.7 Å². The van der Waals surface area contributed by atoms with E-state index < -0.39 is 0 Å². The highest BCUT2D eigenvalue weighted by molar-refractivity contribution is 6.30. The number of nitrogens with zero attached hydrogens (tertiary/aromatic N) is 2. The van der Waals surface area contributed by atoms with Crippen LogP contribution in [-0.2, 0) is 13.5 Å². The first-order valence-electron chi connectivity index (χ1n) is 6.63. The Kier molecular flexibility index (Phi) is 4.75. The minimum Gasteiger partial charge on any atom is -0.497 e. The second-order valence-corrected chi connectivity index (χ2v) is 5.25. The molecular formula is C15H20ClN3O2. The zero-order valence-corrected chi connectivity index (χ0v) is 13.4. The molecule has 0 spiro atoms. The van der Waals surface area contributed by atoms with Gasteiger partial charge in [-0.05, 0) is 19.4 Å². The van der Waals surface area contributed by atoms with Crippen LogP contribution in [0.3, 0.4) is 0 Å². The summed E-state index contributed by atoms with van der Waals surface area (Å²) in [6.45, 7) is 1.93. The van der Waals surface area contributed by atoms with E-state index in [4.69, 9.17) is 26.8 Å². The predicted octanol–water partition coefficient (Wildman–Crippen LogP) is 2.64. The van der Waals surface area contributed by atoms with Gasteiger partial charge in [0.05, 0.1) is 19.9 Å². The van der Waals surface area contributed by atoms with Crippen LogP contribution < -0.4 is 15.2 Å². The molecule has 1 unspecified atom stereocenters.